The maximum Gasteiger partial charge on any atom is 0.244 e. The number of benzene rings is 2. The number of hydrogen-bond acceptors (Lipinski definition) is 4. The summed E-state index contributed by atoms with van der Waals surface area (Å²) in [4.78, 5) is 27.6. The molecule has 7 nitrogen and oxygen atoms in total. The lowest BCUT2D eigenvalue weighted by molar-refractivity contribution is -0.139. The first-order valence-corrected chi connectivity index (χ1v) is 13.4. The number of nitrogens with zero attached hydrogens (tertiary/aromatic N) is 2. The molecule has 0 saturated carbocycles. The largest absolute Gasteiger partial charge is 0.354 e. The Morgan fingerprint density at radius 1 is 1.09 bits per heavy atom. The average Bonchev–Trinajstić information content (AvgIpc) is 2.71. The van der Waals surface area contributed by atoms with E-state index in [0.29, 0.717) is 12.2 Å². The molecule has 0 aliphatic carbocycles. The van der Waals surface area contributed by atoms with Gasteiger partial charge in [-0.1, -0.05) is 41.1 Å². The van der Waals surface area contributed by atoms with E-state index < -0.39 is 28.5 Å². The number of anilines is 1. The lowest BCUT2D eigenvalue weighted by Gasteiger charge is -2.31. The van der Waals surface area contributed by atoms with Gasteiger partial charge in [0.25, 0.3) is 0 Å². The highest BCUT2D eigenvalue weighted by atomic mass is 79.9. The number of sulfonamides is 1. The zero-order chi connectivity index (χ0) is 24.8. The first-order valence-electron chi connectivity index (χ1n) is 10.8. The molecule has 1 atom stereocenters. The van der Waals surface area contributed by atoms with Crippen molar-refractivity contribution in [2.24, 2.45) is 0 Å². The minimum absolute atomic E-state index is 0.170. The highest BCUT2D eigenvalue weighted by Gasteiger charge is 2.30. The van der Waals surface area contributed by atoms with Crippen molar-refractivity contribution in [3.8, 4) is 0 Å². The third-order valence-corrected chi connectivity index (χ3v) is 6.77. The Balaban J connectivity index is 2.40. The van der Waals surface area contributed by atoms with E-state index in [1.807, 2.05) is 51.1 Å². The number of carbonyl (C=O) groups excluding carboxylic acids is 2. The third kappa shape index (κ3) is 7.85. The van der Waals surface area contributed by atoms with Crippen LogP contribution in [0.3, 0.4) is 0 Å². The van der Waals surface area contributed by atoms with Gasteiger partial charge >= 0.3 is 0 Å². The second-order valence-corrected chi connectivity index (χ2v) is 11.1. The SMILES string of the molecule is CCCNC(=O)[C@H](C)N(Cc1cccc(Br)c1)C(=O)CN(c1cc(C)cc(C)c1)S(C)(=O)=O. The fourth-order valence-corrected chi connectivity index (χ4v) is 4.80. The normalized spacial score (nSPS) is 12.2. The van der Waals surface area contributed by atoms with Crippen LogP contribution in [-0.2, 0) is 26.2 Å². The maximum absolute atomic E-state index is 13.5. The topological polar surface area (TPSA) is 86.8 Å². The van der Waals surface area contributed by atoms with Gasteiger partial charge < -0.3 is 10.2 Å². The molecule has 0 aliphatic heterocycles. The molecule has 0 fully saturated rings. The zero-order valence-corrected chi connectivity index (χ0v) is 22.2. The van der Waals surface area contributed by atoms with Crippen molar-refractivity contribution in [3.63, 3.8) is 0 Å². The van der Waals surface area contributed by atoms with Gasteiger partial charge in [-0.15, -0.1) is 0 Å². The van der Waals surface area contributed by atoms with E-state index in [2.05, 4.69) is 21.2 Å². The standard InChI is InChI=1S/C24H32BrN3O4S/c1-6-10-26-24(30)19(4)27(15-20-8-7-9-21(25)14-20)23(29)16-28(33(5,31)32)22-12-17(2)11-18(3)13-22/h7-9,11-14,19H,6,10,15-16H2,1-5H3,(H,26,30)/t19-/m0/s1. The minimum atomic E-state index is -3.74. The van der Waals surface area contributed by atoms with Gasteiger partial charge in [-0.05, 0) is 68.1 Å². The summed E-state index contributed by atoms with van der Waals surface area (Å²) in [7, 11) is -3.74. The van der Waals surface area contributed by atoms with Gasteiger partial charge in [-0.25, -0.2) is 8.42 Å². The van der Waals surface area contributed by atoms with Crippen LogP contribution in [0.25, 0.3) is 0 Å². The highest BCUT2D eigenvalue weighted by molar-refractivity contribution is 9.10. The van der Waals surface area contributed by atoms with Gasteiger partial charge in [0.1, 0.15) is 12.6 Å². The zero-order valence-electron chi connectivity index (χ0n) is 19.8. The number of aryl methyl sites for hydroxylation is 2. The van der Waals surface area contributed by atoms with Gasteiger partial charge in [0.05, 0.1) is 11.9 Å². The molecule has 180 valence electrons. The molecule has 2 amide bonds. The van der Waals surface area contributed by atoms with Crippen LogP contribution in [0.1, 0.15) is 37.0 Å². The van der Waals surface area contributed by atoms with E-state index in [-0.39, 0.29) is 12.5 Å². The average molecular weight is 539 g/mol. The molecule has 2 aromatic rings. The number of nitrogens with one attached hydrogen (secondary N) is 1. The Kier molecular flexibility index (Phi) is 9.48. The molecule has 1 N–H and O–H groups in total. The molecule has 0 aliphatic rings. The van der Waals surface area contributed by atoms with Crippen molar-refractivity contribution in [3.05, 3.63) is 63.6 Å². The van der Waals surface area contributed by atoms with Crippen molar-refractivity contribution in [1.29, 1.82) is 0 Å². The summed E-state index contributed by atoms with van der Waals surface area (Å²) >= 11 is 3.43. The number of rotatable bonds is 10. The van der Waals surface area contributed by atoms with Crippen LogP contribution in [0, 0.1) is 13.8 Å². The molecular formula is C24H32BrN3O4S. The second-order valence-electron chi connectivity index (χ2n) is 8.23. The number of hydrogen-bond donors (Lipinski definition) is 1. The van der Waals surface area contributed by atoms with Crippen LogP contribution < -0.4 is 9.62 Å². The van der Waals surface area contributed by atoms with Crippen molar-refractivity contribution in [2.75, 3.05) is 23.7 Å². The first-order chi connectivity index (χ1) is 15.4. The fourth-order valence-electron chi connectivity index (χ4n) is 3.52. The third-order valence-electron chi connectivity index (χ3n) is 5.13. The smallest absolute Gasteiger partial charge is 0.244 e. The van der Waals surface area contributed by atoms with Gasteiger partial charge in [0.2, 0.25) is 21.8 Å². The van der Waals surface area contributed by atoms with Crippen LogP contribution in [-0.4, -0.2) is 50.5 Å². The Labute approximate surface area is 205 Å². The van der Waals surface area contributed by atoms with Crippen LogP contribution >= 0.6 is 15.9 Å². The Hall–Kier alpha value is -2.39. The summed E-state index contributed by atoms with van der Waals surface area (Å²) in [5.74, 6) is -0.740. The minimum Gasteiger partial charge on any atom is -0.354 e. The number of amides is 2. The molecule has 33 heavy (non-hydrogen) atoms. The predicted octanol–water partition coefficient (Wildman–Crippen LogP) is 3.78. The fraction of sp³-hybridized carbons (Fsp3) is 0.417. The van der Waals surface area contributed by atoms with E-state index in [0.717, 1.165) is 38.1 Å². The van der Waals surface area contributed by atoms with E-state index in [1.165, 1.54) is 4.90 Å². The quantitative estimate of drug-likeness (QED) is 0.499. The van der Waals surface area contributed by atoms with Crippen molar-refractivity contribution in [1.82, 2.24) is 10.2 Å². The number of halogens is 1. The maximum atomic E-state index is 13.5. The molecule has 0 radical (unpaired) electrons. The molecule has 2 aromatic carbocycles. The van der Waals surface area contributed by atoms with Crippen molar-refractivity contribution in [2.45, 2.75) is 46.7 Å². The predicted molar refractivity (Wildman–Crippen MR) is 136 cm³/mol. The van der Waals surface area contributed by atoms with E-state index >= 15 is 0 Å². The Bertz CT molecular complexity index is 1080. The first kappa shape index (κ1) is 26.9. The summed E-state index contributed by atoms with van der Waals surface area (Å²) in [5, 5.41) is 2.82. The van der Waals surface area contributed by atoms with Crippen LogP contribution in [0.2, 0.25) is 0 Å². The molecule has 0 unspecified atom stereocenters. The van der Waals surface area contributed by atoms with Gasteiger partial charge in [0.15, 0.2) is 0 Å². The van der Waals surface area contributed by atoms with Gasteiger partial charge in [-0.3, -0.25) is 13.9 Å². The highest BCUT2D eigenvalue weighted by Crippen LogP contribution is 2.22. The summed E-state index contributed by atoms with van der Waals surface area (Å²) in [6, 6.07) is 12.1. The molecule has 0 spiro atoms. The summed E-state index contributed by atoms with van der Waals surface area (Å²) in [6.45, 7) is 7.62. The summed E-state index contributed by atoms with van der Waals surface area (Å²) in [6.07, 6.45) is 1.85. The Morgan fingerprint density at radius 3 is 2.27 bits per heavy atom. The van der Waals surface area contributed by atoms with Crippen molar-refractivity contribution < 1.29 is 18.0 Å². The Morgan fingerprint density at radius 2 is 1.73 bits per heavy atom. The summed E-state index contributed by atoms with van der Waals surface area (Å²) < 4.78 is 27.2. The van der Waals surface area contributed by atoms with E-state index in [1.54, 1.807) is 19.1 Å². The van der Waals surface area contributed by atoms with Crippen LogP contribution in [0.5, 0.6) is 0 Å². The van der Waals surface area contributed by atoms with Crippen LogP contribution in [0.15, 0.2) is 46.9 Å². The molecular weight excluding hydrogens is 506 g/mol. The molecule has 0 saturated heterocycles. The molecule has 9 heteroatoms. The lowest BCUT2D eigenvalue weighted by Crippen LogP contribution is -2.51. The molecule has 0 aromatic heterocycles. The lowest BCUT2D eigenvalue weighted by atomic mass is 10.1. The van der Waals surface area contributed by atoms with Gasteiger partial charge in [-0.2, -0.15) is 0 Å². The second kappa shape index (κ2) is 11.7. The van der Waals surface area contributed by atoms with E-state index in [9.17, 15) is 18.0 Å². The monoisotopic (exact) mass is 537 g/mol. The van der Waals surface area contributed by atoms with Gasteiger partial charge in [0, 0.05) is 17.6 Å². The number of carbonyl (C=O) groups is 2. The van der Waals surface area contributed by atoms with E-state index in [4.69, 9.17) is 0 Å². The molecule has 0 heterocycles. The summed E-state index contributed by atoms with van der Waals surface area (Å²) in [5.41, 5.74) is 3.04. The van der Waals surface area contributed by atoms with Crippen LogP contribution in [0.4, 0.5) is 5.69 Å². The molecule has 0 bridgehead atoms. The molecule has 2 rings (SSSR count). The van der Waals surface area contributed by atoms with Crippen molar-refractivity contribution >= 4 is 43.5 Å².